The highest BCUT2D eigenvalue weighted by atomic mass is 32.2. The largest absolute Gasteiger partial charge is 0.356 e. The van der Waals surface area contributed by atoms with Crippen molar-refractivity contribution in [3.05, 3.63) is 0 Å². The molecular weight excluding hydrogens is 142 g/mol. The van der Waals surface area contributed by atoms with Crippen molar-refractivity contribution in [2.24, 2.45) is 0 Å². The number of nitrogens with one attached hydrogen (secondary N) is 1. The van der Waals surface area contributed by atoms with E-state index >= 15 is 0 Å². The van der Waals surface area contributed by atoms with Crippen LogP contribution in [0.4, 0.5) is 0 Å². The molecule has 0 saturated heterocycles. The van der Waals surface area contributed by atoms with E-state index in [4.69, 9.17) is 4.55 Å². The van der Waals surface area contributed by atoms with E-state index in [1.54, 1.807) is 6.92 Å². The minimum atomic E-state index is -2.01. The highest BCUT2D eigenvalue weighted by molar-refractivity contribution is 7.80. The molecule has 0 aromatic rings. The Bertz CT molecular complexity index is 125. The van der Waals surface area contributed by atoms with Crippen LogP contribution in [0, 0.1) is 0 Å². The summed E-state index contributed by atoms with van der Waals surface area (Å²) in [4.78, 5) is 10.4. The lowest BCUT2D eigenvalue weighted by Crippen LogP contribution is -2.27. The van der Waals surface area contributed by atoms with Crippen LogP contribution in [0.5, 0.6) is 0 Å². The minimum absolute atomic E-state index is 0.326. The van der Waals surface area contributed by atoms with Gasteiger partial charge in [0.1, 0.15) is 5.75 Å². The van der Waals surface area contributed by atoms with Crippen LogP contribution in [-0.4, -0.2) is 27.0 Å². The molecule has 0 aliphatic heterocycles. The first kappa shape index (κ1) is 8.58. The standard InChI is InChI=1S/C4H9NO3S/c1-2-5-4(6)3-9(7)8/h2-3H2,1H3,(H,5,6)(H,7,8). The molecule has 0 heterocycles. The van der Waals surface area contributed by atoms with Crippen molar-refractivity contribution in [1.29, 1.82) is 0 Å². The van der Waals surface area contributed by atoms with Gasteiger partial charge in [-0.3, -0.25) is 4.79 Å². The third-order valence-corrected chi connectivity index (χ3v) is 1.14. The summed E-state index contributed by atoms with van der Waals surface area (Å²) in [5, 5.41) is 2.38. The molecule has 0 bridgehead atoms. The summed E-state index contributed by atoms with van der Waals surface area (Å²) in [5.74, 6) is -0.716. The number of hydrogen-bond donors (Lipinski definition) is 2. The van der Waals surface area contributed by atoms with Gasteiger partial charge in [0, 0.05) is 6.54 Å². The van der Waals surface area contributed by atoms with E-state index in [1.807, 2.05) is 0 Å². The van der Waals surface area contributed by atoms with Crippen LogP contribution in [0.3, 0.4) is 0 Å². The van der Waals surface area contributed by atoms with Gasteiger partial charge in [0.2, 0.25) is 5.91 Å². The van der Waals surface area contributed by atoms with Gasteiger partial charge in [0.05, 0.1) is 0 Å². The monoisotopic (exact) mass is 151 g/mol. The van der Waals surface area contributed by atoms with Crippen LogP contribution < -0.4 is 5.32 Å². The molecule has 0 fully saturated rings. The van der Waals surface area contributed by atoms with Gasteiger partial charge in [-0.1, -0.05) is 0 Å². The second kappa shape index (κ2) is 4.46. The van der Waals surface area contributed by atoms with Gasteiger partial charge in [-0.15, -0.1) is 0 Å². The SMILES string of the molecule is CCNC(=O)CS(=O)O. The minimum Gasteiger partial charge on any atom is -0.356 e. The molecule has 0 radical (unpaired) electrons. The number of carbonyl (C=O) groups excluding carboxylic acids is 1. The smallest absolute Gasteiger partial charge is 0.235 e. The van der Waals surface area contributed by atoms with E-state index < -0.39 is 17.0 Å². The summed E-state index contributed by atoms with van der Waals surface area (Å²) in [6, 6.07) is 0. The second-order valence-corrected chi connectivity index (χ2v) is 2.35. The molecule has 1 amide bonds. The predicted molar refractivity (Wildman–Crippen MR) is 34.3 cm³/mol. The Labute approximate surface area is 55.9 Å². The molecule has 54 valence electrons. The Hall–Kier alpha value is -0.420. The Kier molecular flexibility index (Phi) is 4.25. The third kappa shape index (κ3) is 5.45. The average molecular weight is 151 g/mol. The van der Waals surface area contributed by atoms with E-state index in [0.29, 0.717) is 6.54 Å². The fourth-order valence-electron chi connectivity index (χ4n) is 0.360. The predicted octanol–water partition coefficient (Wildman–Crippen LogP) is -0.656. The van der Waals surface area contributed by atoms with Crippen molar-refractivity contribution < 1.29 is 13.6 Å². The van der Waals surface area contributed by atoms with Crippen LogP contribution in [0.2, 0.25) is 0 Å². The van der Waals surface area contributed by atoms with Gasteiger partial charge >= 0.3 is 0 Å². The Morgan fingerprint density at radius 3 is 2.67 bits per heavy atom. The maximum atomic E-state index is 10.4. The molecule has 0 saturated carbocycles. The fraction of sp³-hybridized carbons (Fsp3) is 0.750. The zero-order valence-electron chi connectivity index (χ0n) is 5.09. The van der Waals surface area contributed by atoms with Crippen LogP contribution >= 0.6 is 0 Å². The van der Waals surface area contributed by atoms with Crippen molar-refractivity contribution in [1.82, 2.24) is 5.32 Å². The van der Waals surface area contributed by atoms with Gasteiger partial charge < -0.3 is 9.87 Å². The molecule has 2 N–H and O–H groups in total. The summed E-state index contributed by atoms with van der Waals surface area (Å²) >= 11 is -2.01. The Morgan fingerprint density at radius 2 is 2.33 bits per heavy atom. The van der Waals surface area contributed by atoms with Crippen molar-refractivity contribution in [3.8, 4) is 0 Å². The maximum absolute atomic E-state index is 10.4. The van der Waals surface area contributed by atoms with Crippen molar-refractivity contribution in [2.75, 3.05) is 12.3 Å². The normalized spacial score (nSPS) is 12.7. The second-order valence-electron chi connectivity index (χ2n) is 1.42. The quantitative estimate of drug-likeness (QED) is 0.526. The molecule has 1 unspecified atom stereocenters. The number of rotatable bonds is 3. The van der Waals surface area contributed by atoms with E-state index in [1.165, 1.54) is 0 Å². The van der Waals surface area contributed by atoms with E-state index in [0.717, 1.165) is 0 Å². The van der Waals surface area contributed by atoms with E-state index in [-0.39, 0.29) is 5.75 Å². The lowest BCUT2D eigenvalue weighted by Gasteiger charge is -1.95. The van der Waals surface area contributed by atoms with Gasteiger partial charge in [0.25, 0.3) is 0 Å². The van der Waals surface area contributed by atoms with Gasteiger partial charge in [-0.25, -0.2) is 4.21 Å². The molecule has 1 atom stereocenters. The molecule has 0 aliphatic carbocycles. The van der Waals surface area contributed by atoms with Crippen LogP contribution in [-0.2, 0) is 15.9 Å². The highest BCUT2D eigenvalue weighted by Gasteiger charge is 2.01. The average Bonchev–Trinajstić information content (AvgIpc) is 1.63. The lowest BCUT2D eigenvalue weighted by molar-refractivity contribution is -0.118. The molecule has 0 aliphatic rings. The van der Waals surface area contributed by atoms with Crippen LogP contribution in [0.25, 0.3) is 0 Å². The maximum Gasteiger partial charge on any atom is 0.235 e. The van der Waals surface area contributed by atoms with Crippen molar-refractivity contribution in [2.45, 2.75) is 6.92 Å². The van der Waals surface area contributed by atoms with Crippen molar-refractivity contribution in [3.63, 3.8) is 0 Å². The Morgan fingerprint density at radius 1 is 1.78 bits per heavy atom. The third-order valence-electron chi connectivity index (χ3n) is 0.629. The van der Waals surface area contributed by atoms with Gasteiger partial charge in [0.15, 0.2) is 11.1 Å². The number of carbonyl (C=O) groups is 1. The lowest BCUT2D eigenvalue weighted by atomic mass is 10.6. The molecule has 0 aromatic heterocycles. The zero-order chi connectivity index (χ0) is 7.28. The van der Waals surface area contributed by atoms with Crippen LogP contribution in [0.1, 0.15) is 6.92 Å². The summed E-state index contributed by atoms with van der Waals surface area (Å²) in [6.45, 7) is 2.24. The summed E-state index contributed by atoms with van der Waals surface area (Å²) in [5.41, 5.74) is 0. The van der Waals surface area contributed by atoms with Crippen LogP contribution in [0.15, 0.2) is 0 Å². The van der Waals surface area contributed by atoms with Gasteiger partial charge in [-0.05, 0) is 6.92 Å². The number of amides is 1. The zero-order valence-corrected chi connectivity index (χ0v) is 5.90. The number of hydrogen-bond acceptors (Lipinski definition) is 2. The fourth-order valence-corrected chi connectivity index (χ4v) is 0.687. The topological polar surface area (TPSA) is 66.4 Å². The van der Waals surface area contributed by atoms with E-state index in [2.05, 4.69) is 5.32 Å². The molecule has 0 aromatic carbocycles. The molecule has 4 nitrogen and oxygen atoms in total. The summed E-state index contributed by atoms with van der Waals surface area (Å²) in [7, 11) is 0. The Balaban J connectivity index is 3.39. The molecule has 0 rings (SSSR count). The molecule has 0 spiro atoms. The highest BCUT2D eigenvalue weighted by Crippen LogP contribution is 1.72. The van der Waals surface area contributed by atoms with Crippen molar-refractivity contribution >= 4 is 17.0 Å². The summed E-state index contributed by atoms with van der Waals surface area (Å²) in [6.07, 6.45) is 0. The molecular formula is C4H9NO3S. The first-order valence-corrected chi connectivity index (χ1v) is 3.78. The molecule has 5 heteroatoms. The first-order valence-electron chi connectivity index (χ1n) is 2.51. The first-order chi connectivity index (χ1) is 4.16. The van der Waals surface area contributed by atoms with E-state index in [9.17, 15) is 9.00 Å². The van der Waals surface area contributed by atoms with Gasteiger partial charge in [-0.2, -0.15) is 0 Å². The molecule has 9 heavy (non-hydrogen) atoms. The summed E-state index contributed by atoms with van der Waals surface area (Å²) < 4.78 is 18.1.